The molecule has 0 atom stereocenters. The quantitative estimate of drug-likeness (QED) is 0.779. The van der Waals surface area contributed by atoms with Gasteiger partial charge in [0.25, 0.3) is 0 Å². The van der Waals surface area contributed by atoms with E-state index in [0.29, 0.717) is 0 Å². The third-order valence-electron chi connectivity index (χ3n) is 3.32. The summed E-state index contributed by atoms with van der Waals surface area (Å²) in [6.07, 6.45) is -5.56. The Labute approximate surface area is 163 Å². The van der Waals surface area contributed by atoms with Crippen LogP contribution in [0.4, 0.5) is 18.0 Å². The number of benzene rings is 1. The van der Waals surface area contributed by atoms with Crippen molar-refractivity contribution in [3.8, 4) is 5.75 Å². The van der Waals surface area contributed by atoms with E-state index in [1.165, 1.54) is 19.2 Å². The first-order chi connectivity index (χ1) is 12.7. The molecule has 0 aromatic heterocycles. The highest BCUT2D eigenvalue weighted by atomic mass is 19.4. The second-order valence-electron chi connectivity index (χ2n) is 7.60. The number of likely N-dealkylation sites (N-methyl/N-ethyl adjacent to an activating group) is 1. The van der Waals surface area contributed by atoms with Crippen molar-refractivity contribution in [2.24, 2.45) is 0 Å². The normalized spacial score (nSPS) is 11.9. The number of carbonyl (C=O) groups is 2. The Morgan fingerprint density at radius 3 is 2.29 bits per heavy atom. The Hall–Kier alpha value is -2.45. The molecule has 9 heteroatoms. The molecule has 0 saturated heterocycles. The van der Waals surface area contributed by atoms with E-state index in [0.717, 1.165) is 11.0 Å². The molecular weight excluding hydrogens is 377 g/mol. The maximum Gasteiger partial charge on any atom is 0.416 e. The van der Waals surface area contributed by atoms with Gasteiger partial charge in [-0.15, -0.1) is 0 Å². The van der Waals surface area contributed by atoms with Crippen molar-refractivity contribution in [3.05, 3.63) is 29.3 Å². The molecule has 1 aromatic carbocycles. The number of nitrogens with one attached hydrogen (secondary N) is 1. The lowest BCUT2D eigenvalue weighted by Gasteiger charge is -2.24. The Morgan fingerprint density at radius 1 is 1.18 bits per heavy atom. The molecule has 1 aromatic rings. The molecule has 0 aliphatic heterocycles. The highest BCUT2D eigenvalue weighted by Crippen LogP contribution is 2.34. The lowest BCUT2D eigenvalue weighted by molar-refractivity contribution is -0.138. The van der Waals surface area contributed by atoms with Crippen molar-refractivity contribution < 1.29 is 32.2 Å². The van der Waals surface area contributed by atoms with Crippen LogP contribution in [-0.2, 0) is 22.3 Å². The zero-order valence-electron chi connectivity index (χ0n) is 16.9. The van der Waals surface area contributed by atoms with Crippen molar-refractivity contribution in [1.29, 1.82) is 0 Å². The summed E-state index contributed by atoms with van der Waals surface area (Å²) in [5.41, 5.74) is -1.70. The van der Waals surface area contributed by atoms with Crippen LogP contribution >= 0.6 is 0 Å². The number of nitrogens with zero attached hydrogens (tertiary/aromatic N) is 1. The summed E-state index contributed by atoms with van der Waals surface area (Å²) >= 11 is 0. The number of amides is 2. The average molecular weight is 404 g/mol. The Bertz CT molecular complexity index is 697. The minimum Gasteiger partial charge on any atom is -0.491 e. The average Bonchev–Trinajstić information content (AvgIpc) is 2.50. The van der Waals surface area contributed by atoms with E-state index in [1.807, 2.05) is 0 Å². The van der Waals surface area contributed by atoms with Gasteiger partial charge in [0.15, 0.2) is 0 Å². The monoisotopic (exact) mass is 404 g/mol. The van der Waals surface area contributed by atoms with Crippen LogP contribution < -0.4 is 10.1 Å². The predicted octanol–water partition coefficient (Wildman–Crippen LogP) is 3.98. The molecule has 6 nitrogen and oxygen atoms in total. The third-order valence-corrected chi connectivity index (χ3v) is 3.32. The minimum atomic E-state index is -4.59. The number of hydrogen-bond acceptors (Lipinski definition) is 4. The van der Waals surface area contributed by atoms with Crippen LogP contribution in [0.3, 0.4) is 0 Å². The zero-order valence-corrected chi connectivity index (χ0v) is 16.9. The number of hydrogen-bond donors (Lipinski definition) is 1. The van der Waals surface area contributed by atoms with Crippen molar-refractivity contribution in [3.63, 3.8) is 0 Å². The first-order valence-electron chi connectivity index (χ1n) is 8.76. The van der Waals surface area contributed by atoms with Gasteiger partial charge in [-0.05, 0) is 52.3 Å². The molecule has 2 amide bonds. The highest BCUT2D eigenvalue weighted by molar-refractivity contribution is 5.82. The van der Waals surface area contributed by atoms with Gasteiger partial charge in [0, 0.05) is 13.6 Å². The second kappa shape index (κ2) is 9.16. The summed E-state index contributed by atoms with van der Waals surface area (Å²) < 4.78 is 50.4. The minimum absolute atomic E-state index is 0.0991. The van der Waals surface area contributed by atoms with Gasteiger partial charge in [0.1, 0.15) is 17.9 Å². The second-order valence-corrected chi connectivity index (χ2v) is 7.60. The maximum absolute atomic E-state index is 13.3. The molecular formula is C19H27F3N2O4. The highest BCUT2D eigenvalue weighted by Gasteiger charge is 2.34. The SMILES string of the molecule is CC(C)Oc1ccc(CNC(=O)CN(C)C(=O)OC(C)(C)C)c(C(F)(F)F)c1. The van der Waals surface area contributed by atoms with E-state index in [4.69, 9.17) is 9.47 Å². The molecule has 28 heavy (non-hydrogen) atoms. The number of alkyl halides is 3. The lowest BCUT2D eigenvalue weighted by atomic mass is 10.1. The first kappa shape index (κ1) is 23.6. The van der Waals surface area contributed by atoms with Gasteiger partial charge in [-0.2, -0.15) is 13.2 Å². The fourth-order valence-electron chi connectivity index (χ4n) is 2.19. The van der Waals surface area contributed by atoms with Crippen LogP contribution in [0.2, 0.25) is 0 Å². The van der Waals surface area contributed by atoms with E-state index < -0.39 is 29.3 Å². The molecule has 0 radical (unpaired) electrons. The van der Waals surface area contributed by atoms with E-state index in [-0.39, 0.29) is 30.5 Å². The number of halogens is 3. The summed E-state index contributed by atoms with van der Waals surface area (Å²) in [6.45, 7) is 7.80. The van der Waals surface area contributed by atoms with Gasteiger partial charge in [0.2, 0.25) is 5.91 Å². The summed E-state index contributed by atoms with van der Waals surface area (Å²) in [6, 6.07) is 3.59. The van der Waals surface area contributed by atoms with Crippen molar-refractivity contribution in [1.82, 2.24) is 10.2 Å². The maximum atomic E-state index is 13.3. The molecule has 1 N–H and O–H groups in total. The molecule has 0 bridgehead atoms. The van der Waals surface area contributed by atoms with Crippen molar-refractivity contribution in [2.75, 3.05) is 13.6 Å². The summed E-state index contributed by atoms with van der Waals surface area (Å²) in [7, 11) is 1.37. The molecule has 0 heterocycles. The van der Waals surface area contributed by atoms with Crippen LogP contribution in [0.15, 0.2) is 18.2 Å². The molecule has 158 valence electrons. The Morgan fingerprint density at radius 2 is 1.79 bits per heavy atom. The van der Waals surface area contributed by atoms with Crippen molar-refractivity contribution in [2.45, 2.75) is 59.0 Å². The van der Waals surface area contributed by atoms with Gasteiger partial charge < -0.3 is 19.7 Å². The van der Waals surface area contributed by atoms with E-state index in [2.05, 4.69) is 5.32 Å². The third kappa shape index (κ3) is 8.06. The predicted molar refractivity (Wildman–Crippen MR) is 97.9 cm³/mol. The molecule has 0 fully saturated rings. The van der Waals surface area contributed by atoms with Gasteiger partial charge in [-0.25, -0.2) is 4.79 Å². The first-order valence-corrected chi connectivity index (χ1v) is 8.76. The van der Waals surface area contributed by atoms with Gasteiger partial charge in [-0.3, -0.25) is 4.79 Å². The van der Waals surface area contributed by atoms with Crippen molar-refractivity contribution >= 4 is 12.0 Å². The van der Waals surface area contributed by atoms with Crippen LogP contribution in [-0.4, -0.2) is 42.2 Å². The standard InChI is InChI=1S/C19H27F3N2O4/c1-12(2)27-14-8-7-13(15(9-14)19(20,21)22)10-23-16(25)11-24(6)17(26)28-18(3,4)5/h7-9,12H,10-11H2,1-6H3,(H,23,25). The van der Waals surface area contributed by atoms with Crippen LogP contribution in [0.25, 0.3) is 0 Å². The topological polar surface area (TPSA) is 67.9 Å². The van der Waals surface area contributed by atoms with Gasteiger partial charge in [-0.1, -0.05) is 6.07 Å². The summed E-state index contributed by atoms with van der Waals surface area (Å²) in [5.74, 6) is -0.508. The molecule has 0 spiro atoms. The summed E-state index contributed by atoms with van der Waals surface area (Å²) in [5, 5.41) is 2.39. The largest absolute Gasteiger partial charge is 0.491 e. The fraction of sp³-hybridized carbons (Fsp3) is 0.579. The van der Waals surface area contributed by atoms with E-state index in [1.54, 1.807) is 34.6 Å². The van der Waals surface area contributed by atoms with E-state index >= 15 is 0 Å². The van der Waals surface area contributed by atoms with Crippen LogP contribution in [0.5, 0.6) is 5.75 Å². The Kier molecular flexibility index (Phi) is 7.72. The van der Waals surface area contributed by atoms with Gasteiger partial charge >= 0.3 is 12.3 Å². The van der Waals surface area contributed by atoms with E-state index in [9.17, 15) is 22.8 Å². The number of carbonyl (C=O) groups excluding carboxylic acids is 2. The number of rotatable bonds is 6. The smallest absolute Gasteiger partial charge is 0.416 e. The molecule has 1 rings (SSSR count). The Balaban J connectivity index is 2.78. The van der Waals surface area contributed by atoms with Crippen LogP contribution in [0.1, 0.15) is 45.7 Å². The molecule has 0 saturated carbocycles. The molecule has 0 aliphatic rings. The number of ether oxygens (including phenoxy) is 2. The fourth-order valence-corrected chi connectivity index (χ4v) is 2.19. The molecule has 0 unspecified atom stereocenters. The van der Waals surface area contributed by atoms with Crippen LogP contribution in [0, 0.1) is 0 Å². The lowest BCUT2D eigenvalue weighted by Crippen LogP contribution is -2.40. The summed E-state index contributed by atoms with van der Waals surface area (Å²) in [4.78, 5) is 24.9. The molecule has 0 aliphatic carbocycles. The zero-order chi connectivity index (χ0) is 21.7. The van der Waals surface area contributed by atoms with Gasteiger partial charge in [0.05, 0.1) is 11.7 Å².